The zero-order valence-corrected chi connectivity index (χ0v) is 14.7. The van der Waals surface area contributed by atoms with E-state index in [0.29, 0.717) is 28.0 Å². The van der Waals surface area contributed by atoms with E-state index in [2.05, 4.69) is 15.3 Å². The number of benzene rings is 2. The van der Waals surface area contributed by atoms with E-state index >= 15 is 0 Å². The van der Waals surface area contributed by atoms with Crippen molar-refractivity contribution in [1.29, 1.82) is 0 Å². The molecule has 0 aliphatic heterocycles. The molecule has 4 aromatic rings. The predicted molar refractivity (Wildman–Crippen MR) is 103 cm³/mol. The van der Waals surface area contributed by atoms with E-state index in [4.69, 9.17) is 10.5 Å². The number of hydrogen-bond donors (Lipinski definition) is 3. The number of nitrogens with two attached hydrogens (primary N) is 1. The molecular formula is C18H15BFN5O3. The molecule has 4 N–H and O–H groups in total. The summed E-state index contributed by atoms with van der Waals surface area (Å²) in [6.45, 7) is 0. The Balaban J connectivity index is 2.00. The molecule has 0 aliphatic rings. The Labute approximate surface area is 159 Å². The molecule has 0 atom stereocenters. The highest BCUT2D eigenvalue weighted by atomic mass is 19.1. The molecule has 4 rings (SSSR count). The van der Waals surface area contributed by atoms with Gasteiger partial charge in [-0.15, -0.1) is 0 Å². The minimum Gasteiger partial charge on any atom is -0.497 e. The largest absolute Gasteiger partial charge is 0.497 e. The Morgan fingerprint density at radius 2 is 2.00 bits per heavy atom. The van der Waals surface area contributed by atoms with Crippen molar-refractivity contribution in [3.8, 4) is 22.6 Å². The summed E-state index contributed by atoms with van der Waals surface area (Å²) in [4.78, 5) is 0. The van der Waals surface area contributed by atoms with Crippen LogP contribution in [0.15, 0.2) is 48.9 Å². The quantitative estimate of drug-likeness (QED) is 0.451. The zero-order valence-electron chi connectivity index (χ0n) is 14.7. The number of nitrogens with zero attached hydrogens (tertiary/aromatic N) is 4. The van der Waals surface area contributed by atoms with Crippen LogP contribution in [0.4, 0.5) is 10.1 Å². The summed E-state index contributed by atoms with van der Waals surface area (Å²) in [7, 11) is -0.351. The molecule has 2 aromatic carbocycles. The van der Waals surface area contributed by atoms with Gasteiger partial charge in [0.2, 0.25) is 0 Å². The van der Waals surface area contributed by atoms with Gasteiger partial charge in [-0.25, -0.2) is 9.07 Å². The first-order valence-corrected chi connectivity index (χ1v) is 8.28. The fraction of sp³-hybridized carbons (Fsp3) is 0.0556. The Hall–Kier alpha value is -3.50. The van der Waals surface area contributed by atoms with E-state index < -0.39 is 12.9 Å². The van der Waals surface area contributed by atoms with Crippen molar-refractivity contribution in [3.63, 3.8) is 0 Å². The van der Waals surface area contributed by atoms with Crippen molar-refractivity contribution < 1.29 is 19.2 Å². The Kier molecular flexibility index (Phi) is 4.42. The second kappa shape index (κ2) is 6.91. The molecule has 2 heterocycles. The number of halogens is 1. The van der Waals surface area contributed by atoms with Crippen LogP contribution >= 0.6 is 0 Å². The summed E-state index contributed by atoms with van der Waals surface area (Å²) in [6.07, 6.45) is 3.76. The molecule has 140 valence electrons. The number of ether oxygens (including phenoxy) is 1. The van der Waals surface area contributed by atoms with Crippen molar-refractivity contribution in [1.82, 2.24) is 20.0 Å². The topological polar surface area (TPSA) is 119 Å². The summed E-state index contributed by atoms with van der Waals surface area (Å²) in [5.74, 6) is -0.275. The SMILES string of the molecule is COc1cc(-n2cc(F)cn2)c(-c2ccc3c(N)cnnc3c2)cc1B(O)O. The lowest BCUT2D eigenvalue weighted by atomic mass is 9.77. The van der Waals surface area contributed by atoms with E-state index in [1.54, 1.807) is 30.3 Å². The third kappa shape index (κ3) is 3.04. The van der Waals surface area contributed by atoms with E-state index in [0.717, 1.165) is 11.6 Å². The van der Waals surface area contributed by atoms with E-state index in [1.165, 1.54) is 24.2 Å². The van der Waals surface area contributed by atoms with Crippen molar-refractivity contribution >= 4 is 29.2 Å². The minimum atomic E-state index is -1.76. The van der Waals surface area contributed by atoms with Crippen LogP contribution in [0.5, 0.6) is 5.75 Å². The van der Waals surface area contributed by atoms with Crippen LogP contribution in [0.25, 0.3) is 27.7 Å². The molecule has 0 unspecified atom stereocenters. The van der Waals surface area contributed by atoms with Crippen LogP contribution in [0.1, 0.15) is 0 Å². The van der Waals surface area contributed by atoms with E-state index in [9.17, 15) is 14.4 Å². The molecule has 0 saturated carbocycles. The number of aromatic nitrogens is 4. The summed E-state index contributed by atoms with van der Waals surface area (Å²) in [5.41, 5.74) is 8.89. The minimum absolute atomic E-state index is 0.160. The summed E-state index contributed by atoms with van der Waals surface area (Å²) in [6, 6.07) is 8.48. The van der Waals surface area contributed by atoms with Gasteiger partial charge in [-0.2, -0.15) is 15.3 Å². The molecule has 0 aliphatic carbocycles. The number of anilines is 1. The lowest BCUT2D eigenvalue weighted by Crippen LogP contribution is -2.31. The first-order valence-electron chi connectivity index (χ1n) is 8.28. The lowest BCUT2D eigenvalue weighted by molar-refractivity contribution is 0.403. The lowest BCUT2D eigenvalue weighted by Gasteiger charge is -2.16. The first-order chi connectivity index (χ1) is 13.5. The highest BCUT2D eigenvalue weighted by molar-refractivity contribution is 6.60. The van der Waals surface area contributed by atoms with E-state index in [1.807, 2.05) is 0 Å². The normalized spacial score (nSPS) is 11.0. The molecule has 28 heavy (non-hydrogen) atoms. The van der Waals surface area contributed by atoms with Gasteiger partial charge >= 0.3 is 7.12 Å². The van der Waals surface area contributed by atoms with Crippen LogP contribution in [0.3, 0.4) is 0 Å². The average molecular weight is 379 g/mol. The van der Waals surface area contributed by atoms with Crippen LogP contribution in [-0.2, 0) is 0 Å². The van der Waals surface area contributed by atoms with Crippen molar-refractivity contribution in [2.24, 2.45) is 0 Å². The summed E-state index contributed by atoms with van der Waals surface area (Å²) in [5, 5.41) is 32.2. The van der Waals surface area contributed by atoms with Crippen molar-refractivity contribution in [2.45, 2.75) is 0 Å². The molecule has 8 nitrogen and oxygen atoms in total. The molecular weight excluding hydrogens is 364 g/mol. The van der Waals surface area contributed by atoms with Gasteiger partial charge in [0.1, 0.15) is 5.75 Å². The smallest absolute Gasteiger partial charge is 0.492 e. The van der Waals surface area contributed by atoms with Crippen molar-refractivity contribution in [3.05, 3.63) is 54.7 Å². The number of fused-ring (bicyclic) bond motifs is 1. The van der Waals surface area contributed by atoms with Gasteiger partial charge in [0.25, 0.3) is 0 Å². The fourth-order valence-electron chi connectivity index (χ4n) is 3.07. The first kappa shape index (κ1) is 17.9. The second-order valence-corrected chi connectivity index (χ2v) is 6.12. The summed E-state index contributed by atoms with van der Waals surface area (Å²) < 4.78 is 20.2. The Morgan fingerprint density at radius 3 is 2.68 bits per heavy atom. The van der Waals surface area contributed by atoms with Crippen LogP contribution in [0, 0.1) is 5.82 Å². The maximum absolute atomic E-state index is 13.6. The third-order valence-electron chi connectivity index (χ3n) is 4.41. The van der Waals surface area contributed by atoms with Gasteiger partial charge in [-0.05, 0) is 23.8 Å². The number of methoxy groups -OCH3 is 1. The predicted octanol–water partition coefficient (Wildman–Crippen LogP) is 0.892. The van der Waals surface area contributed by atoms with Gasteiger partial charge in [0, 0.05) is 22.5 Å². The Morgan fingerprint density at radius 1 is 1.18 bits per heavy atom. The van der Waals surface area contributed by atoms with Gasteiger partial charge in [0.05, 0.1) is 42.6 Å². The van der Waals surface area contributed by atoms with Crippen molar-refractivity contribution in [2.75, 3.05) is 12.8 Å². The monoisotopic (exact) mass is 379 g/mol. The van der Waals surface area contributed by atoms with E-state index in [-0.39, 0.29) is 11.2 Å². The maximum atomic E-state index is 13.6. The highest BCUT2D eigenvalue weighted by Gasteiger charge is 2.22. The molecule has 10 heteroatoms. The molecule has 2 aromatic heterocycles. The fourth-order valence-corrected chi connectivity index (χ4v) is 3.07. The summed E-state index contributed by atoms with van der Waals surface area (Å²) >= 11 is 0. The molecule has 0 saturated heterocycles. The number of nitrogen functional groups attached to an aromatic ring is 1. The van der Waals surface area contributed by atoms with Gasteiger partial charge < -0.3 is 20.5 Å². The third-order valence-corrected chi connectivity index (χ3v) is 4.41. The van der Waals surface area contributed by atoms with Gasteiger partial charge in [-0.3, -0.25) is 0 Å². The van der Waals surface area contributed by atoms with Crippen LogP contribution in [0.2, 0.25) is 0 Å². The standard InChI is InChI=1S/C18H15BFN5O3/c1-28-18-6-17(25-9-11(20)7-23-25)13(5-14(18)19(26)27)10-2-3-12-15(21)8-22-24-16(12)4-10/h2-9,26-27H,1H3,(H2,21,24). The number of hydrogen-bond acceptors (Lipinski definition) is 7. The highest BCUT2D eigenvalue weighted by Crippen LogP contribution is 2.32. The molecule has 0 radical (unpaired) electrons. The van der Waals surface area contributed by atoms with Crippen LogP contribution in [-0.4, -0.2) is 44.3 Å². The average Bonchev–Trinajstić information content (AvgIpc) is 3.13. The zero-order chi connectivity index (χ0) is 19.8. The molecule has 0 amide bonds. The van der Waals surface area contributed by atoms with Crippen LogP contribution < -0.4 is 15.9 Å². The van der Waals surface area contributed by atoms with Gasteiger partial charge in [0.15, 0.2) is 5.82 Å². The number of rotatable bonds is 4. The Bertz CT molecular complexity index is 1180. The molecule has 0 spiro atoms. The van der Waals surface area contributed by atoms with Gasteiger partial charge in [-0.1, -0.05) is 6.07 Å². The molecule has 0 fully saturated rings. The molecule has 0 bridgehead atoms. The maximum Gasteiger partial charge on any atom is 0.492 e. The second-order valence-electron chi connectivity index (χ2n) is 6.12.